The Kier molecular flexibility index (Phi) is 8.86. The van der Waals surface area contributed by atoms with E-state index < -0.39 is 30.5 Å². The van der Waals surface area contributed by atoms with E-state index >= 15 is 0 Å². The summed E-state index contributed by atoms with van der Waals surface area (Å²) in [5, 5.41) is 10.1. The van der Waals surface area contributed by atoms with Crippen LogP contribution in [0, 0.1) is 12.3 Å². The van der Waals surface area contributed by atoms with Gasteiger partial charge in [-0.1, -0.05) is 96.9 Å². The minimum Gasteiger partial charge on any atom is -0.394 e. The van der Waals surface area contributed by atoms with Gasteiger partial charge in [-0.25, -0.2) is 0 Å². The smallest absolute Gasteiger partial charge is 0.147 e. The number of hydrogen-bond donors (Lipinski definition) is 1. The van der Waals surface area contributed by atoms with Gasteiger partial charge in [0, 0.05) is 0 Å². The van der Waals surface area contributed by atoms with Crippen molar-refractivity contribution in [1.29, 1.82) is 0 Å². The SMILES string of the molecule is C#C[C@@H]1OC(CO)[C@H](OCc2ccccc2)[C@H](OCc2ccccc2)C1OCc1ccccc1. The second kappa shape index (κ2) is 12.5. The molecule has 0 amide bonds. The van der Waals surface area contributed by atoms with E-state index in [0.29, 0.717) is 19.8 Å². The molecule has 4 rings (SSSR count). The quantitative estimate of drug-likeness (QED) is 0.463. The molecule has 0 saturated carbocycles. The summed E-state index contributed by atoms with van der Waals surface area (Å²) >= 11 is 0. The zero-order valence-corrected chi connectivity index (χ0v) is 19.0. The minimum atomic E-state index is -0.682. The Morgan fingerprint density at radius 2 is 1.06 bits per heavy atom. The highest BCUT2D eigenvalue weighted by Gasteiger charge is 2.47. The zero-order chi connectivity index (χ0) is 23.6. The third-order valence-corrected chi connectivity index (χ3v) is 5.83. The molecule has 0 bridgehead atoms. The molecular weight excluding hydrogens is 428 g/mol. The highest BCUT2D eigenvalue weighted by molar-refractivity contribution is 5.16. The van der Waals surface area contributed by atoms with Crippen molar-refractivity contribution in [3.8, 4) is 12.3 Å². The van der Waals surface area contributed by atoms with Crippen molar-refractivity contribution in [3.63, 3.8) is 0 Å². The zero-order valence-electron chi connectivity index (χ0n) is 19.0. The van der Waals surface area contributed by atoms with E-state index in [9.17, 15) is 5.11 Å². The summed E-state index contributed by atoms with van der Waals surface area (Å²) in [5.74, 6) is 2.68. The highest BCUT2D eigenvalue weighted by atomic mass is 16.6. The van der Waals surface area contributed by atoms with Gasteiger partial charge in [0.15, 0.2) is 0 Å². The third-order valence-electron chi connectivity index (χ3n) is 5.83. The largest absolute Gasteiger partial charge is 0.394 e. The van der Waals surface area contributed by atoms with Gasteiger partial charge in [-0.05, 0) is 16.7 Å². The molecule has 1 aliphatic rings. The molecule has 1 heterocycles. The van der Waals surface area contributed by atoms with Crippen LogP contribution in [0.4, 0.5) is 0 Å². The summed E-state index contributed by atoms with van der Waals surface area (Å²) in [6, 6.07) is 29.6. The van der Waals surface area contributed by atoms with E-state index in [4.69, 9.17) is 25.4 Å². The molecule has 2 unspecified atom stereocenters. The molecule has 5 heteroatoms. The van der Waals surface area contributed by atoms with E-state index in [0.717, 1.165) is 16.7 Å². The standard InChI is InChI=1S/C29H30O5/c1-2-25-27(31-19-22-12-6-3-7-13-22)29(33-21-24-16-10-5-11-17-24)28(26(18-30)34-25)32-20-23-14-8-4-9-15-23/h1,3-17,25-30H,18-21H2/t25-,26?,27?,28-,29+/m0/s1. The van der Waals surface area contributed by atoms with Crippen molar-refractivity contribution in [2.24, 2.45) is 0 Å². The molecule has 0 aliphatic carbocycles. The van der Waals surface area contributed by atoms with Gasteiger partial charge in [0.05, 0.1) is 26.4 Å². The van der Waals surface area contributed by atoms with Crippen molar-refractivity contribution in [1.82, 2.24) is 0 Å². The van der Waals surface area contributed by atoms with Gasteiger partial charge in [0.1, 0.15) is 30.5 Å². The van der Waals surface area contributed by atoms with Crippen LogP contribution in [0.1, 0.15) is 16.7 Å². The van der Waals surface area contributed by atoms with Crippen molar-refractivity contribution >= 4 is 0 Å². The number of aliphatic hydroxyl groups excluding tert-OH is 1. The third kappa shape index (κ3) is 6.32. The summed E-state index contributed by atoms with van der Waals surface area (Å²) in [6.45, 7) is 0.821. The lowest BCUT2D eigenvalue weighted by molar-refractivity contribution is -0.258. The average molecular weight is 459 g/mol. The predicted octanol–water partition coefficient (Wildman–Crippen LogP) is 4.14. The first-order valence-electron chi connectivity index (χ1n) is 11.5. The number of hydrogen-bond acceptors (Lipinski definition) is 5. The fourth-order valence-corrected chi connectivity index (χ4v) is 4.07. The van der Waals surface area contributed by atoms with Gasteiger partial charge in [-0.2, -0.15) is 0 Å². The maximum absolute atomic E-state index is 10.1. The molecule has 0 spiro atoms. The Labute approximate surface area is 201 Å². The Morgan fingerprint density at radius 3 is 1.47 bits per heavy atom. The molecule has 1 aliphatic heterocycles. The molecule has 5 atom stereocenters. The van der Waals surface area contributed by atoms with Crippen LogP contribution in [0.3, 0.4) is 0 Å². The lowest BCUT2D eigenvalue weighted by Crippen LogP contribution is -2.60. The minimum absolute atomic E-state index is 0.242. The molecule has 34 heavy (non-hydrogen) atoms. The van der Waals surface area contributed by atoms with Gasteiger partial charge in [0.2, 0.25) is 0 Å². The van der Waals surface area contributed by atoms with Gasteiger partial charge in [0.25, 0.3) is 0 Å². The van der Waals surface area contributed by atoms with Crippen LogP contribution in [0.15, 0.2) is 91.0 Å². The van der Waals surface area contributed by atoms with E-state index in [1.165, 1.54) is 0 Å². The van der Waals surface area contributed by atoms with Crippen LogP contribution in [-0.4, -0.2) is 42.2 Å². The van der Waals surface area contributed by atoms with Crippen LogP contribution in [-0.2, 0) is 38.8 Å². The topological polar surface area (TPSA) is 57.2 Å². The molecule has 5 nitrogen and oxygen atoms in total. The van der Waals surface area contributed by atoms with E-state index in [2.05, 4.69) is 5.92 Å². The Balaban J connectivity index is 1.57. The van der Waals surface area contributed by atoms with Gasteiger partial charge >= 0.3 is 0 Å². The van der Waals surface area contributed by atoms with Crippen LogP contribution >= 0.6 is 0 Å². The Hall–Kier alpha value is -2.98. The molecule has 176 valence electrons. The van der Waals surface area contributed by atoms with Gasteiger partial charge < -0.3 is 24.1 Å². The molecule has 1 N–H and O–H groups in total. The summed E-state index contributed by atoms with van der Waals surface area (Å²) in [6.07, 6.45) is 2.82. The van der Waals surface area contributed by atoms with Crippen molar-refractivity contribution in [3.05, 3.63) is 108 Å². The van der Waals surface area contributed by atoms with Crippen LogP contribution in [0.25, 0.3) is 0 Å². The first kappa shape index (κ1) is 24.2. The Morgan fingerprint density at radius 1 is 0.647 bits per heavy atom. The van der Waals surface area contributed by atoms with Crippen LogP contribution in [0.5, 0.6) is 0 Å². The average Bonchev–Trinajstić information content (AvgIpc) is 2.91. The second-order valence-corrected chi connectivity index (χ2v) is 8.23. The summed E-state index contributed by atoms with van der Waals surface area (Å²) < 4.78 is 25.0. The summed E-state index contributed by atoms with van der Waals surface area (Å²) in [7, 11) is 0. The molecule has 1 fully saturated rings. The lowest BCUT2D eigenvalue weighted by atomic mass is 9.94. The second-order valence-electron chi connectivity index (χ2n) is 8.23. The molecule has 1 saturated heterocycles. The maximum Gasteiger partial charge on any atom is 0.147 e. The number of ether oxygens (including phenoxy) is 4. The van der Waals surface area contributed by atoms with Crippen molar-refractivity contribution in [2.75, 3.05) is 6.61 Å². The fraction of sp³-hybridized carbons (Fsp3) is 0.310. The predicted molar refractivity (Wildman–Crippen MR) is 130 cm³/mol. The highest BCUT2D eigenvalue weighted by Crippen LogP contribution is 2.30. The first-order valence-corrected chi connectivity index (χ1v) is 11.5. The van der Waals surface area contributed by atoms with E-state index in [-0.39, 0.29) is 6.61 Å². The van der Waals surface area contributed by atoms with Crippen molar-refractivity contribution < 1.29 is 24.1 Å². The number of terminal acetylenes is 1. The monoisotopic (exact) mass is 458 g/mol. The van der Waals surface area contributed by atoms with Gasteiger partial charge in [-0.15, -0.1) is 6.42 Å². The number of benzene rings is 3. The number of aliphatic hydroxyl groups is 1. The molecule has 0 radical (unpaired) electrons. The molecular formula is C29H30O5. The summed E-state index contributed by atoms with van der Waals surface area (Å²) in [4.78, 5) is 0. The Bertz CT molecular complexity index is 1020. The molecule has 3 aromatic rings. The van der Waals surface area contributed by atoms with Crippen LogP contribution < -0.4 is 0 Å². The van der Waals surface area contributed by atoms with E-state index in [1.54, 1.807) is 0 Å². The molecule has 3 aromatic carbocycles. The van der Waals surface area contributed by atoms with Crippen molar-refractivity contribution in [2.45, 2.75) is 50.3 Å². The number of rotatable bonds is 10. The molecule has 0 aromatic heterocycles. The maximum atomic E-state index is 10.1. The van der Waals surface area contributed by atoms with Gasteiger partial charge in [-0.3, -0.25) is 0 Å². The summed E-state index contributed by atoms with van der Waals surface area (Å²) in [5.41, 5.74) is 3.06. The van der Waals surface area contributed by atoms with Crippen LogP contribution in [0.2, 0.25) is 0 Å². The normalized spacial score (nSPS) is 24.4. The fourth-order valence-electron chi connectivity index (χ4n) is 4.07. The first-order chi connectivity index (χ1) is 16.8. The lowest BCUT2D eigenvalue weighted by Gasteiger charge is -2.44. The van der Waals surface area contributed by atoms with E-state index in [1.807, 2.05) is 91.0 Å².